The van der Waals surface area contributed by atoms with E-state index in [1.807, 2.05) is 0 Å². The zero-order valence-corrected chi connectivity index (χ0v) is 17.2. The lowest BCUT2D eigenvalue weighted by molar-refractivity contribution is 0.191. The summed E-state index contributed by atoms with van der Waals surface area (Å²) in [6.45, 7) is 18.6. The molecule has 0 aliphatic heterocycles. The average Bonchev–Trinajstić information content (AvgIpc) is 2.27. The third kappa shape index (κ3) is 10.1. The van der Waals surface area contributed by atoms with Gasteiger partial charge in [-0.15, -0.1) is 5.54 Å². The lowest BCUT2D eigenvalue weighted by atomic mass is 10.2. The number of hydrogen-bond acceptors (Lipinski definition) is 2. The molecule has 0 rings (SSSR count). The number of aliphatic hydroxyl groups excluding tert-OH is 1. The van der Waals surface area contributed by atoms with Gasteiger partial charge in [-0.05, 0) is 43.1 Å². The van der Waals surface area contributed by atoms with Crippen LogP contribution in [0, 0.1) is 11.5 Å². The van der Waals surface area contributed by atoms with Gasteiger partial charge in [0.2, 0.25) is 0 Å². The summed E-state index contributed by atoms with van der Waals surface area (Å²) in [6, 6.07) is 0. The second-order valence-corrected chi connectivity index (χ2v) is 17.8. The molecule has 4 heteroatoms. The molecule has 0 aliphatic carbocycles. The summed E-state index contributed by atoms with van der Waals surface area (Å²) in [6.07, 6.45) is 4.79. The highest BCUT2D eigenvalue weighted by atomic mass is 28.4. The highest BCUT2D eigenvalue weighted by molar-refractivity contribution is 6.83. The third-order valence-electron chi connectivity index (χ3n) is 3.76. The van der Waals surface area contributed by atoms with Crippen molar-refractivity contribution in [3.63, 3.8) is 0 Å². The van der Waals surface area contributed by atoms with Crippen molar-refractivity contribution in [2.45, 2.75) is 77.5 Å². The summed E-state index contributed by atoms with van der Waals surface area (Å²) >= 11 is 0. The van der Waals surface area contributed by atoms with Crippen molar-refractivity contribution >= 4 is 16.4 Å². The number of rotatable bonds is 6. The number of aliphatic hydroxyl groups is 1. The smallest absolute Gasteiger partial charge is 0.191 e. The Balaban J connectivity index is 4.03. The number of hydrogen-bond donors (Lipinski definition) is 1. The molecule has 21 heavy (non-hydrogen) atoms. The first-order chi connectivity index (χ1) is 9.35. The van der Waals surface area contributed by atoms with E-state index in [4.69, 9.17) is 4.43 Å². The van der Waals surface area contributed by atoms with Crippen molar-refractivity contribution in [3.05, 3.63) is 12.2 Å². The molecule has 0 saturated carbocycles. The molecular weight excluding hydrogens is 292 g/mol. The van der Waals surface area contributed by atoms with Crippen LogP contribution in [0.3, 0.4) is 0 Å². The molecule has 0 aliphatic rings. The minimum Gasteiger partial charge on any atom is -0.417 e. The van der Waals surface area contributed by atoms with Crippen LogP contribution in [-0.2, 0) is 4.43 Å². The first kappa shape index (κ1) is 20.7. The van der Waals surface area contributed by atoms with Gasteiger partial charge in [-0.25, -0.2) is 0 Å². The van der Waals surface area contributed by atoms with E-state index < -0.39 is 22.5 Å². The lowest BCUT2D eigenvalue weighted by Gasteiger charge is -2.36. The largest absolute Gasteiger partial charge is 0.417 e. The van der Waals surface area contributed by atoms with Gasteiger partial charge in [0, 0.05) is 6.61 Å². The van der Waals surface area contributed by atoms with E-state index >= 15 is 0 Å². The van der Waals surface area contributed by atoms with Crippen LogP contribution < -0.4 is 0 Å². The van der Waals surface area contributed by atoms with E-state index in [2.05, 4.69) is 65.0 Å². The molecule has 122 valence electrons. The molecule has 0 saturated heterocycles. The Kier molecular flexibility index (Phi) is 8.19. The standard InChI is InChI=1S/C17H34O2Si2/c1-17(2,3)21(7,8)19-14-11-13-16(18)12-9-10-15-20(4,5)6/h9,12,16,18H,11,13-14H2,1-8H3/b12-9+. The summed E-state index contributed by atoms with van der Waals surface area (Å²) in [5.41, 5.74) is 3.25. The summed E-state index contributed by atoms with van der Waals surface area (Å²) < 4.78 is 6.10. The van der Waals surface area contributed by atoms with Crippen LogP contribution >= 0.6 is 0 Å². The molecule has 0 amide bonds. The molecule has 1 unspecified atom stereocenters. The molecule has 0 heterocycles. The van der Waals surface area contributed by atoms with Crippen molar-refractivity contribution < 1.29 is 9.53 Å². The maximum absolute atomic E-state index is 9.88. The van der Waals surface area contributed by atoms with Crippen molar-refractivity contribution in [2.24, 2.45) is 0 Å². The van der Waals surface area contributed by atoms with E-state index in [1.54, 1.807) is 12.2 Å². The molecule has 0 aromatic rings. The molecule has 0 fully saturated rings. The van der Waals surface area contributed by atoms with Gasteiger partial charge < -0.3 is 9.53 Å². The normalized spacial score (nSPS) is 14.9. The zero-order chi connectivity index (χ0) is 16.7. The zero-order valence-electron chi connectivity index (χ0n) is 15.2. The van der Waals surface area contributed by atoms with E-state index in [9.17, 15) is 5.11 Å². The third-order valence-corrected chi connectivity index (χ3v) is 9.19. The van der Waals surface area contributed by atoms with Crippen LogP contribution in [0.25, 0.3) is 0 Å². The molecule has 0 aromatic carbocycles. The lowest BCUT2D eigenvalue weighted by Crippen LogP contribution is -2.41. The van der Waals surface area contributed by atoms with Gasteiger partial charge in [0.15, 0.2) is 8.32 Å². The second-order valence-electron chi connectivity index (χ2n) is 8.20. The van der Waals surface area contributed by atoms with E-state index in [1.165, 1.54) is 0 Å². The summed E-state index contributed by atoms with van der Waals surface area (Å²) in [4.78, 5) is 0. The molecule has 0 aromatic heterocycles. The Labute approximate surface area is 134 Å². The predicted molar refractivity (Wildman–Crippen MR) is 98.7 cm³/mol. The SMILES string of the molecule is CC(C)(C)[Si](C)(C)OCCCC(O)/C=C/C#C[Si](C)(C)C. The Bertz CT molecular complexity index is 390. The molecular formula is C17H34O2Si2. The first-order valence-electron chi connectivity index (χ1n) is 7.86. The summed E-state index contributed by atoms with van der Waals surface area (Å²) in [7, 11) is -2.96. The van der Waals surface area contributed by atoms with Crippen molar-refractivity contribution in [2.75, 3.05) is 6.61 Å². The van der Waals surface area contributed by atoms with Gasteiger partial charge in [-0.3, -0.25) is 0 Å². The Morgan fingerprint density at radius 1 is 1.14 bits per heavy atom. The van der Waals surface area contributed by atoms with Crippen LogP contribution in [0.2, 0.25) is 37.8 Å². The topological polar surface area (TPSA) is 29.5 Å². The second kappa shape index (κ2) is 8.33. The van der Waals surface area contributed by atoms with E-state index in [0.29, 0.717) is 0 Å². The number of allylic oxidation sites excluding steroid dienone is 1. The Morgan fingerprint density at radius 3 is 2.19 bits per heavy atom. The predicted octanol–water partition coefficient (Wildman–Crippen LogP) is 4.59. The van der Waals surface area contributed by atoms with Crippen LogP contribution in [-0.4, -0.2) is 34.2 Å². The van der Waals surface area contributed by atoms with Gasteiger partial charge in [0.05, 0.1) is 6.10 Å². The van der Waals surface area contributed by atoms with Crippen LogP contribution in [0.4, 0.5) is 0 Å². The van der Waals surface area contributed by atoms with Crippen LogP contribution in [0.5, 0.6) is 0 Å². The molecule has 0 bridgehead atoms. The molecule has 1 N–H and O–H groups in total. The van der Waals surface area contributed by atoms with Crippen molar-refractivity contribution in [1.29, 1.82) is 0 Å². The Morgan fingerprint density at radius 2 is 1.71 bits per heavy atom. The van der Waals surface area contributed by atoms with Crippen LogP contribution in [0.15, 0.2) is 12.2 Å². The van der Waals surface area contributed by atoms with E-state index in [0.717, 1.165) is 19.4 Å². The van der Waals surface area contributed by atoms with Gasteiger partial charge in [0.1, 0.15) is 8.07 Å². The van der Waals surface area contributed by atoms with Crippen LogP contribution in [0.1, 0.15) is 33.6 Å². The maximum atomic E-state index is 9.88. The molecule has 0 radical (unpaired) electrons. The van der Waals surface area contributed by atoms with Gasteiger partial charge in [0.25, 0.3) is 0 Å². The highest BCUT2D eigenvalue weighted by Gasteiger charge is 2.36. The highest BCUT2D eigenvalue weighted by Crippen LogP contribution is 2.36. The van der Waals surface area contributed by atoms with Crippen molar-refractivity contribution in [3.8, 4) is 11.5 Å². The monoisotopic (exact) mass is 326 g/mol. The molecule has 0 spiro atoms. The summed E-state index contributed by atoms with van der Waals surface area (Å²) in [5, 5.41) is 10.1. The maximum Gasteiger partial charge on any atom is 0.191 e. The first-order valence-corrected chi connectivity index (χ1v) is 14.3. The minimum absolute atomic E-state index is 0.248. The molecule has 1 atom stereocenters. The fourth-order valence-corrected chi connectivity index (χ4v) is 2.95. The quantitative estimate of drug-likeness (QED) is 0.439. The minimum atomic E-state index is -1.65. The average molecular weight is 327 g/mol. The van der Waals surface area contributed by atoms with Gasteiger partial charge in [-0.2, -0.15) is 0 Å². The fraction of sp³-hybridized carbons (Fsp3) is 0.765. The van der Waals surface area contributed by atoms with Gasteiger partial charge >= 0.3 is 0 Å². The van der Waals surface area contributed by atoms with Crippen molar-refractivity contribution in [1.82, 2.24) is 0 Å². The van der Waals surface area contributed by atoms with Gasteiger partial charge in [-0.1, -0.05) is 46.3 Å². The van der Waals surface area contributed by atoms with E-state index in [-0.39, 0.29) is 5.04 Å². The Hall–Kier alpha value is -0.346. The fourth-order valence-electron chi connectivity index (χ4n) is 1.35. The summed E-state index contributed by atoms with van der Waals surface area (Å²) in [5.74, 6) is 3.04. The molecule has 2 nitrogen and oxygen atoms in total.